The van der Waals surface area contributed by atoms with Crippen LogP contribution in [0.3, 0.4) is 0 Å². The highest BCUT2D eigenvalue weighted by atomic mass is 15.3. The summed E-state index contributed by atoms with van der Waals surface area (Å²) >= 11 is 0. The number of hydrogen-bond acceptors (Lipinski definition) is 4. The molecule has 0 aliphatic carbocycles. The van der Waals surface area contributed by atoms with Crippen molar-refractivity contribution in [3.8, 4) is 0 Å². The van der Waals surface area contributed by atoms with Crippen LogP contribution in [0.15, 0.2) is 18.2 Å². The minimum atomic E-state index is 1.07. The molecule has 0 aromatic carbocycles. The Morgan fingerprint density at radius 3 is 2.11 bits per heavy atom. The molecular formula is C14H22N4. The number of piperazine rings is 1. The van der Waals surface area contributed by atoms with Crippen molar-refractivity contribution in [2.45, 2.75) is 19.3 Å². The van der Waals surface area contributed by atoms with Crippen molar-refractivity contribution in [2.24, 2.45) is 0 Å². The molecule has 0 bridgehead atoms. The Labute approximate surface area is 109 Å². The molecule has 0 atom stereocenters. The van der Waals surface area contributed by atoms with Crippen molar-refractivity contribution in [3.63, 3.8) is 0 Å². The molecule has 18 heavy (non-hydrogen) atoms. The van der Waals surface area contributed by atoms with Gasteiger partial charge in [0.15, 0.2) is 0 Å². The molecule has 0 saturated carbocycles. The molecule has 1 aromatic heterocycles. The Morgan fingerprint density at radius 2 is 1.44 bits per heavy atom. The smallest absolute Gasteiger partial charge is 0.131 e. The van der Waals surface area contributed by atoms with Gasteiger partial charge in [-0.05, 0) is 31.4 Å². The second kappa shape index (κ2) is 5.57. The first-order chi connectivity index (χ1) is 8.93. The minimum absolute atomic E-state index is 1.07. The molecule has 98 valence electrons. The first-order valence-corrected chi connectivity index (χ1v) is 7.11. The summed E-state index contributed by atoms with van der Waals surface area (Å²) in [6, 6.07) is 6.43. The number of nitrogens with one attached hydrogen (secondary N) is 1. The summed E-state index contributed by atoms with van der Waals surface area (Å²) in [7, 11) is 0. The van der Waals surface area contributed by atoms with E-state index in [-0.39, 0.29) is 0 Å². The average molecular weight is 246 g/mol. The molecule has 2 saturated heterocycles. The predicted octanol–water partition coefficient (Wildman–Crippen LogP) is 1.48. The number of piperidine rings is 1. The largest absolute Gasteiger partial charge is 0.357 e. The molecule has 0 amide bonds. The number of pyridine rings is 1. The van der Waals surface area contributed by atoms with Crippen LogP contribution >= 0.6 is 0 Å². The van der Waals surface area contributed by atoms with Gasteiger partial charge in [-0.25, -0.2) is 4.98 Å². The van der Waals surface area contributed by atoms with Crippen LogP contribution in [0.2, 0.25) is 0 Å². The van der Waals surface area contributed by atoms with Crippen LogP contribution < -0.4 is 15.1 Å². The van der Waals surface area contributed by atoms with Gasteiger partial charge < -0.3 is 15.1 Å². The zero-order valence-corrected chi connectivity index (χ0v) is 10.9. The fourth-order valence-electron chi connectivity index (χ4n) is 2.78. The van der Waals surface area contributed by atoms with Gasteiger partial charge in [0, 0.05) is 39.3 Å². The quantitative estimate of drug-likeness (QED) is 0.856. The molecule has 0 radical (unpaired) electrons. The third kappa shape index (κ3) is 2.58. The highest BCUT2D eigenvalue weighted by Gasteiger charge is 2.15. The lowest BCUT2D eigenvalue weighted by atomic mass is 10.1. The molecule has 0 spiro atoms. The van der Waals surface area contributed by atoms with Gasteiger partial charge in [-0.3, -0.25) is 0 Å². The van der Waals surface area contributed by atoms with E-state index in [0.29, 0.717) is 0 Å². The lowest BCUT2D eigenvalue weighted by Gasteiger charge is -2.31. The van der Waals surface area contributed by atoms with E-state index < -0.39 is 0 Å². The van der Waals surface area contributed by atoms with E-state index in [1.54, 1.807) is 0 Å². The van der Waals surface area contributed by atoms with Crippen LogP contribution in [0.1, 0.15) is 19.3 Å². The van der Waals surface area contributed by atoms with E-state index in [1.165, 1.54) is 19.3 Å². The number of aromatic nitrogens is 1. The molecule has 3 heterocycles. The molecule has 0 unspecified atom stereocenters. The predicted molar refractivity (Wildman–Crippen MR) is 75.4 cm³/mol. The Morgan fingerprint density at radius 1 is 0.833 bits per heavy atom. The van der Waals surface area contributed by atoms with Gasteiger partial charge in [-0.15, -0.1) is 0 Å². The highest BCUT2D eigenvalue weighted by Crippen LogP contribution is 2.21. The zero-order chi connectivity index (χ0) is 12.2. The maximum absolute atomic E-state index is 4.84. The third-order valence-electron chi connectivity index (χ3n) is 3.84. The van der Waals surface area contributed by atoms with E-state index in [1.807, 2.05) is 0 Å². The highest BCUT2D eigenvalue weighted by molar-refractivity contribution is 5.49. The summed E-state index contributed by atoms with van der Waals surface area (Å²) < 4.78 is 0. The van der Waals surface area contributed by atoms with Gasteiger partial charge in [0.05, 0.1) is 0 Å². The van der Waals surface area contributed by atoms with E-state index in [0.717, 1.165) is 50.9 Å². The lowest BCUT2D eigenvalue weighted by molar-refractivity contribution is 0.569. The SMILES string of the molecule is c1cc(N2CCCCC2)nc(N2CCNCC2)c1. The lowest BCUT2D eigenvalue weighted by Crippen LogP contribution is -2.44. The van der Waals surface area contributed by atoms with E-state index in [2.05, 4.69) is 33.3 Å². The second-order valence-corrected chi connectivity index (χ2v) is 5.14. The topological polar surface area (TPSA) is 31.4 Å². The van der Waals surface area contributed by atoms with E-state index in [4.69, 9.17) is 4.98 Å². The maximum Gasteiger partial charge on any atom is 0.131 e. The summed E-state index contributed by atoms with van der Waals surface area (Å²) in [4.78, 5) is 9.65. The normalized spacial score (nSPS) is 21.1. The Bertz CT molecular complexity index is 348. The third-order valence-corrected chi connectivity index (χ3v) is 3.84. The second-order valence-electron chi connectivity index (χ2n) is 5.14. The fraction of sp³-hybridized carbons (Fsp3) is 0.643. The summed E-state index contributed by atoms with van der Waals surface area (Å²) in [6.45, 7) is 6.59. The average Bonchev–Trinajstić information content (AvgIpc) is 2.49. The van der Waals surface area contributed by atoms with Crippen LogP contribution in [-0.2, 0) is 0 Å². The van der Waals surface area contributed by atoms with Crippen LogP contribution in [0.5, 0.6) is 0 Å². The van der Waals surface area contributed by atoms with Crippen molar-refractivity contribution in [1.82, 2.24) is 10.3 Å². The van der Waals surface area contributed by atoms with Crippen LogP contribution in [0.4, 0.5) is 11.6 Å². The fourth-order valence-corrected chi connectivity index (χ4v) is 2.78. The summed E-state index contributed by atoms with van der Waals surface area (Å²) in [6.07, 6.45) is 3.98. The molecule has 1 N–H and O–H groups in total. The van der Waals surface area contributed by atoms with Crippen molar-refractivity contribution >= 4 is 11.6 Å². The maximum atomic E-state index is 4.84. The molecule has 1 aromatic rings. The van der Waals surface area contributed by atoms with Gasteiger partial charge in [-0.1, -0.05) is 6.07 Å². The number of anilines is 2. The molecule has 2 fully saturated rings. The summed E-state index contributed by atoms with van der Waals surface area (Å²) in [5.41, 5.74) is 0. The van der Waals surface area contributed by atoms with Gasteiger partial charge in [0.2, 0.25) is 0 Å². The molecule has 4 nitrogen and oxygen atoms in total. The monoisotopic (exact) mass is 246 g/mol. The van der Waals surface area contributed by atoms with E-state index in [9.17, 15) is 0 Å². The number of hydrogen-bond donors (Lipinski definition) is 1. The molecule has 2 aliphatic heterocycles. The Hall–Kier alpha value is -1.29. The first kappa shape index (κ1) is 11.8. The van der Waals surface area contributed by atoms with Gasteiger partial charge in [-0.2, -0.15) is 0 Å². The van der Waals surface area contributed by atoms with Crippen LogP contribution in [0.25, 0.3) is 0 Å². The van der Waals surface area contributed by atoms with Crippen LogP contribution in [0, 0.1) is 0 Å². The summed E-state index contributed by atoms with van der Waals surface area (Å²) in [5.74, 6) is 2.30. The minimum Gasteiger partial charge on any atom is -0.357 e. The van der Waals surface area contributed by atoms with E-state index >= 15 is 0 Å². The standard InChI is InChI=1S/C14H22N4/c1-2-9-17(10-3-1)13-5-4-6-14(16-13)18-11-7-15-8-12-18/h4-6,15H,1-3,7-12H2. The van der Waals surface area contributed by atoms with Crippen LogP contribution in [-0.4, -0.2) is 44.3 Å². The first-order valence-electron chi connectivity index (χ1n) is 7.11. The van der Waals surface area contributed by atoms with Gasteiger partial charge >= 0.3 is 0 Å². The van der Waals surface area contributed by atoms with Gasteiger partial charge in [0.1, 0.15) is 11.6 Å². The molecule has 4 heteroatoms. The Kier molecular flexibility index (Phi) is 3.64. The molecule has 2 aliphatic rings. The Balaban J connectivity index is 1.75. The van der Waals surface area contributed by atoms with Crippen molar-refractivity contribution in [1.29, 1.82) is 0 Å². The van der Waals surface area contributed by atoms with Crippen molar-refractivity contribution in [2.75, 3.05) is 49.1 Å². The molecule has 3 rings (SSSR count). The number of nitrogens with zero attached hydrogens (tertiary/aromatic N) is 3. The summed E-state index contributed by atoms with van der Waals surface area (Å²) in [5, 5.41) is 3.38. The molecular weight excluding hydrogens is 224 g/mol. The van der Waals surface area contributed by atoms with Crippen molar-refractivity contribution < 1.29 is 0 Å². The zero-order valence-electron chi connectivity index (χ0n) is 10.9. The van der Waals surface area contributed by atoms with Gasteiger partial charge in [0.25, 0.3) is 0 Å². The number of rotatable bonds is 2. The van der Waals surface area contributed by atoms with Crippen molar-refractivity contribution in [3.05, 3.63) is 18.2 Å².